The first-order valence-electron chi connectivity index (χ1n) is 5.30. The molecule has 0 aromatic rings. The van der Waals surface area contributed by atoms with Crippen LogP contribution in [0.25, 0.3) is 10.4 Å². The second-order valence-corrected chi connectivity index (χ2v) is 5.21. The Hall–Kier alpha value is -0.780. The smallest absolute Gasteiger partial charge is 0.390 e. The molecule has 1 aliphatic rings. The van der Waals surface area contributed by atoms with Crippen molar-refractivity contribution >= 4 is 7.82 Å². The zero-order valence-electron chi connectivity index (χ0n) is 9.87. The van der Waals surface area contributed by atoms with Crippen LogP contribution in [0.15, 0.2) is 5.11 Å². The van der Waals surface area contributed by atoms with Crippen LogP contribution in [0.1, 0.15) is 0 Å². The van der Waals surface area contributed by atoms with Crippen LogP contribution in [0, 0.1) is 0 Å². The van der Waals surface area contributed by atoms with Gasteiger partial charge in [-0.1, -0.05) is 5.11 Å². The summed E-state index contributed by atoms with van der Waals surface area (Å²) in [5.41, 5.74) is 8.11. The van der Waals surface area contributed by atoms with Gasteiger partial charge in [-0.25, -0.2) is 4.57 Å². The van der Waals surface area contributed by atoms with E-state index in [-0.39, 0.29) is 0 Å². The minimum atomic E-state index is -5.04. The summed E-state index contributed by atoms with van der Waals surface area (Å²) in [7, 11) is -5.04. The molecule has 0 radical (unpaired) electrons. The summed E-state index contributed by atoms with van der Waals surface area (Å²) in [5, 5.41) is 41.3. The van der Waals surface area contributed by atoms with E-state index >= 15 is 0 Å². The number of aliphatic hydroxyl groups excluding tert-OH is 4. The van der Waals surface area contributed by atoms with Crippen molar-refractivity contribution < 1.29 is 44.0 Å². The van der Waals surface area contributed by atoms with Gasteiger partial charge in [-0.3, -0.25) is 4.52 Å². The van der Waals surface area contributed by atoms with Crippen LogP contribution in [-0.2, 0) is 13.8 Å². The lowest BCUT2D eigenvalue weighted by atomic mass is 9.95. The molecule has 1 saturated heterocycles. The number of phosphoric ester groups is 1. The molecule has 6 N–H and O–H groups in total. The van der Waals surface area contributed by atoms with Crippen LogP contribution < -0.4 is 0 Å². The lowest BCUT2D eigenvalue weighted by Crippen LogP contribution is -2.61. The summed E-state index contributed by atoms with van der Waals surface area (Å²) in [4.78, 5) is 19.6. The van der Waals surface area contributed by atoms with Gasteiger partial charge in [0.2, 0.25) is 0 Å². The fraction of sp³-hybridized carbons (Fsp3) is 1.00. The van der Waals surface area contributed by atoms with Gasteiger partial charge in [0.1, 0.15) is 24.4 Å². The van der Waals surface area contributed by atoms with Crippen molar-refractivity contribution in [1.82, 2.24) is 0 Å². The zero-order valence-corrected chi connectivity index (χ0v) is 10.8. The molecule has 0 amide bonds. The molecule has 2 unspecified atom stereocenters. The second kappa shape index (κ2) is 6.78. The van der Waals surface area contributed by atoms with Crippen LogP contribution >= 0.6 is 7.82 Å². The Morgan fingerprint density at radius 2 is 1.90 bits per heavy atom. The molecular weight excluding hydrogens is 301 g/mol. The molecule has 1 fully saturated rings. The maximum Gasteiger partial charge on any atom is 0.472 e. The molecule has 1 heterocycles. The standard InChI is InChI=1S/C7H14N3O9P/c8-10-9-1-2(11)6-4(13)3(12)5(14)7(18-6)19-20(15,16)17/h2-7,11-14H,1H2,(H2,15,16,17)/t2-,3+,4+,5?,6?,7+/m1/s1. The Labute approximate surface area is 112 Å². The van der Waals surface area contributed by atoms with Gasteiger partial charge in [-0.05, 0) is 5.53 Å². The van der Waals surface area contributed by atoms with Crippen molar-refractivity contribution in [3.05, 3.63) is 10.4 Å². The van der Waals surface area contributed by atoms with Crippen molar-refractivity contribution in [2.24, 2.45) is 5.11 Å². The van der Waals surface area contributed by atoms with Gasteiger partial charge in [-0.15, -0.1) is 0 Å². The third kappa shape index (κ3) is 4.36. The van der Waals surface area contributed by atoms with Crippen molar-refractivity contribution in [3.63, 3.8) is 0 Å². The molecule has 1 aliphatic heterocycles. The maximum atomic E-state index is 10.7. The Morgan fingerprint density at radius 3 is 2.40 bits per heavy atom. The first kappa shape index (κ1) is 17.3. The van der Waals surface area contributed by atoms with Crippen LogP contribution in [0.4, 0.5) is 0 Å². The summed E-state index contributed by atoms with van der Waals surface area (Å²) in [6.45, 7) is -0.524. The minimum absolute atomic E-state index is 0.524. The van der Waals surface area contributed by atoms with Crippen LogP contribution in [-0.4, -0.2) is 73.6 Å². The molecule has 0 aromatic carbocycles. The van der Waals surface area contributed by atoms with Crippen molar-refractivity contribution in [2.45, 2.75) is 36.8 Å². The predicted molar refractivity (Wildman–Crippen MR) is 59.8 cm³/mol. The molecule has 0 aliphatic carbocycles. The van der Waals surface area contributed by atoms with Gasteiger partial charge in [0.15, 0.2) is 6.29 Å². The summed E-state index contributed by atoms with van der Waals surface area (Å²) >= 11 is 0. The number of rotatable bonds is 5. The highest BCUT2D eigenvalue weighted by molar-refractivity contribution is 7.46. The first-order valence-corrected chi connectivity index (χ1v) is 6.83. The van der Waals surface area contributed by atoms with Crippen molar-refractivity contribution in [2.75, 3.05) is 6.54 Å². The van der Waals surface area contributed by atoms with E-state index in [1.165, 1.54) is 0 Å². The number of hydrogen-bond acceptors (Lipinski definition) is 8. The molecule has 0 bridgehead atoms. The minimum Gasteiger partial charge on any atom is -0.390 e. The largest absolute Gasteiger partial charge is 0.472 e. The number of ether oxygens (including phenoxy) is 1. The molecule has 0 saturated carbocycles. The quantitative estimate of drug-likeness (QED) is 0.138. The van der Waals surface area contributed by atoms with Gasteiger partial charge in [0.05, 0.1) is 12.6 Å². The van der Waals surface area contributed by atoms with Crippen LogP contribution in [0.5, 0.6) is 0 Å². The fourth-order valence-electron chi connectivity index (χ4n) is 1.64. The topological polar surface area (TPSA) is 206 Å². The van der Waals surface area contributed by atoms with E-state index in [2.05, 4.69) is 14.5 Å². The predicted octanol–water partition coefficient (Wildman–Crippen LogP) is -2.43. The van der Waals surface area contributed by atoms with Crippen molar-refractivity contribution in [3.8, 4) is 0 Å². The zero-order chi connectivity index (χ0) is 15.5. The molecule has 116 valence electrons. The van der Waals surface area contributed by atoms with Crippen molar-refractivity contribution in [1.29, 1.82) is 0 Å². The van der Waals surface area contributed by atoms with E-state index in [1.54, 1.807) is 0 Å². The number of azide groups is 1. The number of nitrogens with zero attached hydrogens (tertiary/aromatic N) is 3. The lowest BCUT2D eigenvalue weighted by molar-refractivity contribution is -0.290. The molecule has 0 aromatic heterocycles. The number of phosphoric acid groups is 1. The van der Waals surface area contributed by atoms with Crippen LogP contribution in [0.3, 0.4) is 0 Å². The Morgan fingerprint density at radius 1 is 1.30 bits per heavy atom. The highest BCUT2D eigenvalue weighted by Gasteiger charge is 2.48. The van der Waals surface area contributed by atoms with E-state index in [0.29, 0.717) is 0 Å². The summed E-state index contributed by atoms with van der Waals surface area (Å²) in [5.74, 6) is 0. The molecule has 13 heteroatoms. The molecule has 6 atom stereocenters. The first-order chi connectivity index (χ1) is 9.17. The van der Waals surface area contributed by atoms with Gasteiger partial charge in [-0.2, -0.15) is 0 Å². The monoisotopic (exact) mass is 315 g/mol. The summed E-state index contributed by atoms with van der Waals surface area (Å²) < 4.78 is 19.6. The van der Waals surface area contributed by atoms with Gasteiger partial charge in [0.25, 0.3) is 0 Å². The Bertz CT molecular complexity index is 424. The Balaban J connectivity index is 2.85. The second-order valence-electron chi connectivity index (χ2n) is 4.02. The van der Waals surface area contributed by atoms with E-state index in [9.17, 15) is 25.0 Å². The third-order valence-electron chi connectivity index (χ3n) is 2.56. The van der Waals surface area contributed by atoms with E-state index in [1.807, 2.05) is 0 Å². The number of hydrogen-bond donors (Lipinski definition) is 6. The van der Waals surface area contributed by atoms with E-state index < -0.39 is 51.2 Å². The molecule has 0 spiro atoms. The fourth-order valence-corrected chi connectivity index (χ4v) is 2.08. The lowest BCUT2D eigenvalue weighted by Gasteiger charge is -2.41. The molecule has 12 nitrogen and oxygen atoms in total. The van der Waals surface area contributed by atoms with Crippen LogP contribution in [0.2, 0.25) is 0 Å². The van der Waals surface area contributed by atoms with E-state index in [0.717, 1.165) is 0 Å². The van der Waals surface area contributed by atoms with Gasteiger partial charge in [0, 0.05) is 4.91 Å². The highest BCUT2D eigenvalue weighted by Crippen LogP contribution is 2.40. The Kier molecular flexibility index (Phi) is 5.86. The summed E-state index contributed by atoms with van der Waals surface area (Å²) in [6, 6.07) is 0. The maximum absolute atomic E-state index is 10.7. The molecule has 1 rings (SSSR count). The summed E-state index contributed by atoms with van der Waals surface area (Å²) in [6.07, 6.45) is -10.7. The molecular formula is C7H14N3O9P. The molecule has 20 heavy (non-hydrogen) atoms. The third-order valence-corrected chi connectivity index (χ3v) is 3.04. The normalized spacial score (nSPS) is 36.2. The SMILES string of the molecule is [N-]=[N+]=NC[C@@H](O)C1O[C@@H](OP(=O)(O)O)C(O)[C@@H](O)[C@@H]1O. The van der Waals surface area contributed by atoms with Gasteiger partial charge < -0.3 is 34.9 Å². The number of aliphatic hydroxyl groups is 4. The van der Waals surface area contributed by atoms with E-state index in [4.69, 9.17) is 20.1 Å². The average molecular weight is 315 g/mol. The highest BCUT2D eigenvalue weighted by atomic mass is 31.2. The van der Waals surface area contributed by atoms with Gasteiger partial charge >= 0.3 is 7.82 Å². The average Bonchev–Trinajstić information content (AvgIpc) is 2.35.